The maximum Gasteiger partial charge on any atom is 0.255 e. The van der Waals surface area contributed by atoms with Gasteiger partial charge in [0.15, 0.2) is 0 Å². The predicted octanol–water partition coefficient (Wildman–Crippen LogP) is 3.55. The van der Waals surface area contributed by atoms with Gasteiger partial charge in [0.2, 0.25) is 0 Å². The second kappa shape index (κ2) is 5.54. The number of pyridine rings is 1. The average Bonchev–Trinajstić information content (AvgIpc) is 3.23. The van der Waals surface area contributed by atoms with Gasteiger partial charge in [-0.1, -0.05) is 23.8 Å². The number of nitrogens with zero attached hydrogens (tertiary/aromatic N) is 3. The molecule has 0 N–H and O–H groups in total. The van der Waals surface area contributed by atoms with E-state index in [9.17, 15) is 4.79 Å². The fraction of sp³-hybridized carbons (Fsp3) is 0.263. The van der Waals surface area contributed by atoms with Crippen molar-refractivity contribution in [2.45, 2.75) is 19.8 Å². The van der Waals surface area contributed by atoms with Crippen molar-refractivity contribution in [3.05, 3.63) is 59.9 Å². The third kappa shape index (κ3) is 2.50. The van der Waals surface area contributed by atoms with E-state index < -0.39 is 0 Å². The molecule has 1 saturated heterocycles. The van der Waals surface area contributed by atoms with Gasteiger partial charge in [0.05, 0.1) is 17.5 Å². The summed E-state index contributed by atoms with van der Waals surface area (Å²) in [5, 5.41) is 0. The quantitative estimate of drug-likeness (QED) is 0.726. The highest BCUT2D eigenvalue weighted by Crippen LogP contribution is 2.23. The van der Waals surface area contributed by atoms with Crippen molar-refractivity contribution < 1.29 is 4.79 Å². The van der Waals surface area contributed by atoms with Crippen molar-refractivity contribution in [2.24, 2.45) is 0 Å². The minimum atomic E-state index is 0.119. The maximum atomic E-state index is 12.6. The van der Waals surface area contributed by atoms with E-state index in [2.05, 4.69) is 30.1 Å². The van der Waals surface area contributed by atoms with Crippen LogP contribution >= 0.6 is 0 Å². The molecule has 116 valence electrons. The number of imidazole rings is 1. The molecule has 0 spiro atoms. The number of aryl methyl sites for hydroxylation is 1. The fourth-order valence-electron chi connectivity index (χ4n) is 3.23. The molecule has 0 atom stereocenters. The standard InChI is InChI=1S/C19H19N3O/c1-14-5-4-6-15(11-14)17-12-20-18-8-7-16(13-22(17)18)19(23)21-9-2-3-10-21/h4-8,11-13H,2-3,9-10H2,1H3. The number of carbonyl (C=O) groups excluding carboxylic acids is 1. The van der Waals surface area contributed by atoms with Crippen LogP contribution in [0.25, 0.3) is 16.9 Å². The van der Waals surface area contributed by atoms with Crippen molar-refractivity contribution in [2.75, 3.05) is 13.1 Å². The van der Waals surface area contributed by atoms with Gasteiger partial charge in [-0.15, -0.1) is 0 Å². The molecule has 0 aliphatic carbocycles. The molecular formula is C19H19N3O. The Morgan fingerprint density at radius 2 is 1.96 bits per heavy atom. The lowest BCUT2D eigenvalue weighted by atomic mass is 10.1. The lowest BCUT2D eigenvalue weighted by molar-refractivity contribution is 0.0792. The monoisotopic (exact) mass is 305 g/mol. The summed E-state index contributed by atoms with van der Waals surface area (Å²) in [6.07, 6.45) is 6.00. The molecule has 1 aromatic carbocycles. The molecule has 0 bridgehead atoms. The van der Waals surface area contributed by atoms with E-state index in [0.717, 1.165) is 48.4 Å². The highest BCUT2D eigenvalue weighted by molar-refractivity contribution is 5.94. The molecular weight excluding hydrogens is 286 g/mol. The number of amides is 1. The van der Waals surface area contributed by atoms with Crippen LogP contribution in [0, 0.1) is 6.92 Å². The Balaban J connectivity index is 1.78. The van der Waals surface area contributed by atoms with E-state index >= 15 is 0 Å². The SMILES string of the molecule is Cc1cccc(-c2cnc3ccc(C(=O)N4CCCC4)cn23)c1. The zero-order chi connectivity index (χ0) is 15.8. The molecule has 4 heteroatoms. The second-order valence-electron chi connectivity index (χ2n) is 6.16. The summed E-state index contributed by atoms with van der Waals surface area (Å²) < 4.78 is 2.01. The highest BCUT2D eigenvalue weighted by Gasteiger charge is 2.20. The molecule has 4 rings (SSSR count). The molecule has 2 aromatic heterocycles. The molecule has 3 aromatic rings. The van der Waals surface area contributed by atoms with Crippen molar-refractivity contribution in [3.63, 3.8) is 0 Å². The molecule has 4 nitrogen and oxygen atoms in total. The van der Waals surface area contributed by atoms with Crippen LogP contribution in [0.1, 0.15) is 28.8 Å². The first kappa shape index (κ1) is 14.0. The van der Waals surface area contributed by atoms with Crippen LogP contribution in [0.5, 0.6) is 0 Å². The highest BCUT2D eigenvalue weighted by atomic mass is 16.2. The summed E-state index contributed by atoms with van der Waals surface area (Å²) in [5.74, 6) is 0.119. The van der Waals surface area contributed by atoms with Crippen LogP contribution in [0.3, 0.4) is 0 Å². The Morgan fingerprint density at radius 1 is 1.13 bits per heavy atom. The smallest absolute Gasteiger partial charge is 0.255 e. The van der Waals surface area contributed by atoms with E-state index in [1.165, 1.54) is 5.56 Å². The molecule has 0 unspecified atom stereocenters. The largest absolute Gasteiger partial charge is 0.339 e. The van der Waals surface area contributed by atoms with Gasteiger partial charge in [0, 0.05) is 24.8 Å². The van der Waals surface area contributed by atoms with Gasteiger partial charge in [-0.3, -0.25) is 9.20 Å². The molecule has 3 heterocycles. The second-order valence-corrected chi connectivity index (χ2v) is 6.16. The number of likely N-dealkylation sites (tertiary alicyclic amines) is 1. The molecule has 1 aliphatic heterocycles. The molecule has 1 amide bonds. The summed E-state index contributed by atoms with van der Waals surface area (Å²) in [7, 11) is 0. The van der Waals surface area contributed by atoms with Gasteiger partial charge in [-0.05, 0) is 38.0 Å². The number of hydrogen-bond donors (Lipinski definition) is 0. The van der Waals surface area contributed by atoms with Gasteiger partial charge in [0.25, 0.3) is 5.91 Å². The first-order valence-electron chi connectivity index (χ1n) is 8.06. The number of carbonyl (C=O) groups is 1. The Hall–Kier alpha value is -2.62. The summed E-state index contributed by atoms with van der Waals surface area (Å²) >= 11 is 0. The predicted molar refractivity (Wildman–Crippen MR) is 90.5 cm³/mol. The van der Waals surface area contributed by atoms with Gasteiger partial charge in [0.1, 0.15) is 5.65 Å². The molecule has 1 aliphatic rings. The number of fused-ring (bicyclic) bond motifs is 1. The number of hydrogen-bond acceptors (Lipinski definition) is 2. The Bertz CT molecular complexity index is 875. The minimum Gasteiger partial charge on any atom is -0.339 e. The summed E-state index contributed by atoms with van der Waals surface area (Å²) in [6, 6.07) is 12.1. The molecule has 1 fully saturated rings. The van der Waals surface area contributed by atoms with Crippen molar-refractivity contribution >= 4 is 11.6 Å². The summed E-state index contributed by atoms with van der Waals surface area (Å²) in [4.78, 5) is 19.0. The van der Waals surface area contributed by atoms with Crippen LogP contribution in [0.2, 0.25) is 0 Å². The molecule has 0 saturated carbocycles. The number of rotatable bonds is 2. The zero-order valence-electron chi connectivity index (χ0n) is 13.2. The van der Waals surface area contributed by atoms with Gasteiger partial charge < -0.3 is 4.90 Å². The van der Waals surface area contributed by atoms with E-state index in [0.29, 0.717) is 0 Å². The fourth-order valence-corrected chi connectivity index (χ4v) is 3.23. The number of benzene rings is 1. The third-order valence-corrected chi connectivity index (χ3v) is 4.46. The van der Waals surface area contributed by atoms with Gasteiger partial charge in [-0.25, -0.2) is 4.98 Å². The zero-order valence-corrected chi connectivity index (χ0v) is 13.2. The number of aromatic nitrogens is 2. The van der Waals surface area contributed by atoms with Crippen LogP contribution in [-0.2, 0) is 0 Å². The van der Waals surface area contributed by atoms with E-state index in [1.54, 1.807) is 0 Å². The van der Waals surface area contributed by atoms with Gasteiger partial charge in [-0.2, -0.15) is 0 Å². The van der Waals surface area contributed by atoms with Crippen molar-refractivity contribution in [1.82, 2.24) is 14.3 Å². The summed E-state index contributed by atoms with van der Waals surface area (Å²) in [6.45, 7) is 3.81. The Morgan fingerprint density at radius 3 is 2.74 bits per heavy atom. The van der Waals surface area contributed by atoms with Crippen LogP contribution in [0.4, 0.5) is 0 Å². The van der Waals surface area contributed by atoms with E-state index in [4.69, 9.17) is 0 Å². The normalized spacial score (nSPS) is 14.6. The van der Waals surface area contributed by atoms with Crippen LogP contribution in [0.15, 0.2) is 48.8 Å². The Labute approximate surface area is 135 Å². The lowest BCUT2D eigenvalue weighted by Crippen LogP contribution is -2.27. The maximum absolute atomic E-state index is 12.6. The first-order valence-corrected chi connectivity index (χ1v) is 8.06. The van der Waals surface area contributed by atoms with E-state index in [1.807, 2.05) is 39.9 Å². The Kier molecular flexibility index (Phi) is 3.37. The van der Waals surface area contributed by atoms with Crippen LogP contribution < -0.4 is 0 Å². The first-order chi connectivity index (χ1) is 11.2. The molecule has 0 radical (unpaired) electrons. The lowest BCUT2D eigenvalue weighted by Gasteiger charge is -2.15. The summed E-state index contributed by atoms with van der Waals surface area (Å²) in [5.41, 5.74) is 4.93. The van der Waals surface area contributed by atoms with Crippen molar-refractivity contribution in [1.29, 1.82) is 0 Å². The topological polar surface area (TPSA) is 37.6 Å². The average molecular weight is 305 g/mol. The third-order valence-electron chi connectivity index (χ3n) is 4.46. The minimum absolute atomic E-state index is 0.119. The van der Waals surface area contributed by atoms with E-state index in [-0.39, 0.29) is 5.91 Å². The van der Waals surface area contributed by atoms with Gasteiger partial charge >= 0.3 is 0 Å². The van der Waals surface area contributed by atoms with Crippen LogP contribution in [-0.4, -0.2) is 33.3 Å². The molecule has 23 heavy (non-hydrogen) atoms. The van der Waals surface area contributed by atoms with Crippen molar-refractivity contribution in [3.8, 4) is 11.3 Å².